The molecule has 2 aromatic carbocycles. The number of methoxy groups -OCH3 is 1. The van der Waals surface area contributed by atoms with E-state index >= 15 is 0 Å². The van der Waals surface area contributed by atoms with Crippen molar-refractivity contribution in [3.63, 3.8) is 0 Å². The number of halogens is 1. The molecule has 0 aromatic heterocycles. The number of ether oxygens (including phenoxy) is 4. The van der Waals surface area contributed by atoms with Crippen molar-refractivity contribution in [2.24, 2.45) is 0 Å². The average molecular weight is 434 g/mol. The van der Waals surface area contributed by atoms with E-state index in [1.807, 2.05) is 31.2 Å². The summed E-state index contributed by atoms with van der Waals surface area (Å²) in [4.78, 5) is 12.3. The topological polar surface area (TPSA) is 66.0 Å². The fraction of sp³-hybridized carbons (Fsp3) is 0.250. The molecule has 6 nitrogen and oxygen atoms in total. The maximum atomic E-state index is 12.3. The van der Waals surface area contributed by atoms with Gasteiger partial charge in [-0.3, -0.25) is 4.79 Å². The lowest BCUT2D eigenvalue weighted by atomic mass is 10.2. The van der Waals surface area contributed by atoms with Crippen molar-refractivity contribution in [3.05, 3.63) is 46.4 Å². The zero-order valence-electron chi connectivity index (χ0n) is 15.1. The molecule has 27 heavy (non-hydrogen) atoms. The molecule has 0 aliphatic carbocycles. The fourth-order valence-electron chi connectivity index (χ4n) is 2.59. The van der Waals surface area contributed by atoms with Crippen molar-refractivity contribution in [2.45, 2.75) is 6.92 Å². The third-order valence-electron chi connectivity index (χ3n) is 3.81. The van der Waals surface area contributed by atoms with E-state index in [0.717, 1.165) is 5.56 Å². The standard InChI is InChI=1S/C20H20BrNO5/c1-3-4-13-5-6-16(17(9-13)24-2)27-12-20(23)22-15-11-19-18(10-14(15)21)25-7-8-26-19/h3-6,9-11H,7-8,12H2,1-2H3,(H,22,23)/b4-3+. The van der Waals surface area contributed by atoms with Crippen molar-refractivity contribution in [1.82, 2.24) is 0 Å². The number of anilines is 1. The minimum absolute atomic E-state index is 0.153. The van der Waals surface area contributed by atoms with E-state index in [4.69, 9.17) is 18.9 Å². The predicted molar refractivity (Wildman–Crippen MR) is 107 cm³/mol. The Bertz CT molecular complexity index is 866. The second-order valence-corrected chi connectivity index (χ2v) is 6.58. The molecule has 3 rings (SSSR count). The average Bonchev–Trinajstić information content (AvgIpc) is 2.67. The highest BCUT2D eigenvalue weighted by atomic mass is 79.9. The molecule has 0 radical (unpaired) electrons. The Labute approximate surface area is 166 Å². The Kier molecular flexibility index (Phi) is 6.24. The molecule has 0 saturated heterocycles. The van der Waals surface area contributed by atoms with Gasteiger partial charge in [-0.2, -0.15) is 0 Å². The molecule has 0 unspecified atom stereocenters. The lowest BCUT2D eigenvalue weighted by Crippen LogP contribution is -2.21. The van der Waals surface area contributed by atoms with Crippen LogP contribution in [0.2, 0.25) is 0 Å². The number of carbonyl (C=O) groups excluding carboxylic acids is 1. The molecule has 2 aromatic rings. The molecular formula is C20H20BrNO5. The number of amides is 1. The van der Waals surface area contributed by atoms with Crippen molar-refractivity contribution in [1.29, 1.82) is 0 Å². The summed E-state index contributed by atoms with van der Waals surface area (Å²) in [5.74, 6) is 2.02. The summed E-state index contributed by atoms with van der Waals surface area (Å²) in [6, 6.07) is 9.02. The van der Waals surface area contributed by atoms with Gasteiger partial charge >= 0.3 is 0 Å². The Morgan fingerprint density at radius 3 is 2.63 bits per heavy atom. The first-order valence-electron chi connectivity index (χ1n) is 8.43. The van der Waals surface area contributed by atoms with E-state index in [1.54, 1.807) is 25.3 Å². The minimum atomic E-state index is -0.299. The van der Waals surface area contributed by atoms with Crippen molar-refractivity contribution in [2.75, 3.05) is 32.2 Å². The molecule has 1 amide bonds. The highest BCUT2D eigenvalue weighted by molar-refractivity contribution is 9.10. The lowest BCUT2D eigenvalue weighted by molar-refractivity contribution is -0.118. The van der Waals surface area contributed by atoms with E-state index in [0.29, 0.717) is 46.4 Å². The van der Waals surface area contributed by atoms with Gasteiger partial charge in [0.15, 0.2) is 29.6 Å². The molecule has 0 bridgehead atoms. The summed E-state index contributed by atoms with van der Waals surface area (Å²) >= 11 is 3.43. The van der Waals surface area contributed by atoms with Crippen LogP contribution in [-0.2, 0) is 4.79 Å². The molecule has 0 fully saturated rings. The number of rotatable bonds is 6. The van der Waals surface area contributed by atoms with Crippen LogP contribution < -0.4 is 24.3 Å². The molecule has 7 heteroatoms. The number of carbonyl (C=O) groups is 1. The van der Waals surface area contributed by atoms with E-state index in [9.17, 15) is 4.79 Å². The van der Waals surface area contributed by atoms with Crippen LogP contribution in [0, 0.1) is 0 Å². The van der Waals surface area contributed by atoms with Gasteiger partial charge in [0, 0.05) is 16.6 Å². The molecule has 142 valence electrons. The number of hydrogen-bond acceptors (Lipinski definition) is 5. The maximum Gasteiger partial charge on any atom is 0.262 e. The van der Waals surface area contributed by atoms with Gasteiger partial charge < -0.3 is 24.3 Å². The Balaban J connectivity index is 1.65. The summed E-state index contributed by atoms with van der Waals surface area (Å²) in [5, 5.41) is 2.80. The Hall–Kier alpha value is -2.67. The highest BCUT2D eigenvalue weighted by Crippen LogP contribution is 2.38. The quantitative estimate of drug-likeness (QED) is 0.736. The Morgan fingerprint density at radius 1 is 1.19 bits per heavy atom. The number of benzene rings is 2. The molecular weight excluding hydrogens is 414 g/mol. The zero-order valence-corrected chi connectivity index (χ0v) is 16.7. The molecule has 1 heterocycles. The van der Waals surface area contributed by atoms with Crippen LogP contribution >= 0.6 is 15.9 Å². The smallest absolute Gasteiger partial charge is 0.262 e. The normalized spacial score (nSPS) is 12.7. The van der Waals surface area contributed by atoms with Gasteiger partial charge in [-0.05, 0) is 40.5 Å². The first-order valence-corrected chi connectivity index (χ1v) is 9.22. The number of hydrogen-bond donors (Lipinski definition) is 1. The molecule has 1 aliphatic rings. The van der Waals surface area contributed by atoms with Gasteiger partial charge in [0.1, 0.15) is 13.2 Å². The van der Waals surface area contributed by atoms with Gasteiger partial charge in [-0.1, -0.05) is 18.2 Å². The fourth-order valence-corrected chi connectivity index (χ4v) is 3.01. The second-order valence-electron chi connectivity index (χ2n) is 5.72. The second kappa shape index (κ2) is 8.81. The lowest BCUT2D eigenvalue weighted by Gasteiger charge is -2.20. The summed E-state index contributed by atoms with van der Waals surface area (Å²) in [7, 11) is 1.56. The Morgan fingerprint density at radius 2 is 1.93 bits per heavy atom. The van der Waals surface area contributed by atoms with Crippen molar-refractivity contribution in [3.8, 4) is 23.0 Å². The van der Waals surface area contributed by atoms with Crippen LogP contribution in [0.1, 0.15) is 12.5 Å². The van der Waals surface area contributed by atoms with Crippen molar-refractivity contribution < 1.29 is 23.7 Å². The van der Waals surface area contributed by atoms with Gasteiger partial charge in [0.25, 0.3) is 5.91 Å². The van der Waals surface area contributed by atoms with Gasteiger partial charge in [0.05, 0.1) is 12.8 Å². The monoisotopic (exact) mass is 433 g/mol. The number of allylic oxidation sites excluding steroid dienone is 1. The van der Waals surface area contributed by atoms with Gasteiger partial charge in [-0.15, -0.1) is 0 Å². The maximum absolute atomic E-state index is 12.3. The number of nitrogens with one attached hydrogen (secondary N) is 1. The molecule has 0 spiro atoms. The third-order valence-corrected chi connectivity index (χ3v) is 4.47. The first kappa shape index (κ1) is 19.1. The highest BCUT2D eigenvalue weighted by Gasteiger charge is 2.16. The van der Waals surface area contributed by atoms with Crippen LogP contribution in [-0.4, -0.2) is 32.8 Å². The third kappa shape index (κ3) is 4.74. The summed E-state index contributed by atoms with van der Waals surface area (Å²) < 4.78 is 22.7. The van der Waals surface area contributed by atoms with Crippen molar-refractivity contribution >= 4 is 33.6 Å². The predicted octanol–water partition coefficient (Wildman–Crippen LogP) is 4.28. The van der Waals surface area contributed by atoms with E-state index in [-0.39, 0.29) is 12.5 Å². The van der Waals surface area contributed by atoms with Crippen LogP contribution in [0.4, 0.5) is 5.69 Å². The summed E-state index contributed by atoms with van der Waals surface area (Å²) in [5.41, 5.74) is 1.58. The van der Waals surface area contributed by atoms with Crippen LogP contribution in [0.15, 0.2) is 40.9 Å². The van der Waals surface area contributed by atoms with Gasteiger partial charge in [-0.25, -0.2) is 0 Å². The van der Waals surface area contributed by atoms with Crippen LogP contribution in [0.25, 0.3) is 6.08 Å². The molecule has 0 atom stereocenters. The van der Waals surface area contributed by atoms with Gasteiger partial charge in [0.2, 0.25) is 0 Å². The minimum Gasteiger partial charge on any atom is -0.493 e. The summed E-state index contributed by atoms with van der Waals surface area (Å²) in [6.07, 6.45) is 3.90. The zero-order chi connectivity index (χ0) is 19.2. The summed E-state index contributed by atoms with van der Waals surface area (Å²) in [6.45, 7) is 2.78. The number of fused-ring (bicyclic) bond motifs is 1. The van der Waals surface area contributed by atoms with Crippen LogP contribution in [0.3, 0.4) is 0 Å². The van der Waals surface area contributed by atoms with E-state index in [1.165, 1.54) is 0 Å². The van der Waals surface area contributed by atoms with E-state index < -0.39 is 0 Å². The molecule has 1 N–H and O–H groups in total. The van der Waals surface area contributed by atoms with Crippen LogP contribution in [0.5, 0.6) is 23.0 Å². The SMILES string of the molecule is C/C=C/c1ccc(OCC(=O)Nc2cc3c(cc2Br)OCCO3)c(OC)c1. The first-order chi connectivity index (χ1) is 13.1. The molecule has 1 aliphatic heterocycles. The largest absolute Gasteiger partial charge is 0.493 e. The van der Waals surface area contributed by atoms with E-state index in [2.05, 4.69) is 21.2 Å². The molecule has 0 saturated carbocycles.